The summed E-state index contributed by atoms with van der Waals surface area (Å²) in [6.07, 6.45) is 4.45. The first kappa shape index (κ1) is 54.6. The number of likely N-dealkylation sites (tertiary alicyclic amines) is 1. The number of ether oxygens (including phenoxy) is 2. The van der Waals surface area contributed by atoms with Crippen molar-refractivity contribution in [3.8, 4) is 28.1 Å². The Morgan fingerprint density at radius 3 is 2.49 bits per heavy atom. The smallest absolute Gasteiger partial charge is 0.324 e. The predicted molar refractivity (Wildman–Crippen MR) is 273 cm³/mol. The summed E-state index contributed by atoms with van der Waals surface area (Å²) in [6.45, 7) is 15.2. The maximum absolute atomic E-state index is 14.6. The number of phenolic OH excluding ortho intramolecular Hbond substituents is 1. The van der Waals surface area contributed by atoms with Crippen LogP contribution in [0, 0.1) is 17.3 Å². The lowest BCUT2D eigenvalue weighted by molar-refractivity contribution is -0.155. The number of hydrogen-bond donors (Lipinski definition) is 3. The van der Waals surface area contributed by atoms with Gasteiger partial charge in [-0.05, 0) is 96.8 Å². The number of hydrogen-bond acceptors (Lipinski definition) is 10. The van der Waals surface area contributed by atoms with Crippen molar-refractivity contribution in [1.29, 1.82) is 0 Å². The van der Waals surface area contributed by atoms with Crippen LogP contribution in [-0.4, -0.2) is 118 Å². The second-order valence-corrected chi connectivity index (χ2v) is 18.4. The Balaban J connectivity index is 0.00000327. The third kappa shape index (κ3) is 11.6. The van der Waals surface area contributed by atoms with Crippen LogP contribution in [0.3, 0.4) is 0 Å². The van der Waals surface area contributed by atoms with E-state index in [1.165, 1.54) is 20.9 Å². The van der Waals surface area contributed by atoms with E-state index in [1.807, 2.05) is 32.0 Å². The Morgan fingerprint density at radius 1 is 1.09 bits per heavy atom. The zero-order valence-electron chi connectivity index (χ0n) is 39.5. The summed E-state index contributed by atoms with van der Waals surface area (Å²) in [7, 11) is 3.22. The summed E-state index contributed by atoms with van der Waals surface area (Å²) in [6, 6.07) is 12.5. The van der Waals surface area contributed by atoms with Gasteiger partial charge in [-0.25, -0.2) is 5.43 Å². The molecule has 4 amide bonds. The number of rotatable bonds is 10. The first-order valence-corrected chi connectivity index (χ1v) is 22.2. The molecule has 3 aliphatic heterocycles. The van der Waals surface area contributed by atoms with Gasteiger partial charge >= 0.3 is 5.97 Å². The molecule has 3 atom stereocenters. The Kier molecular flexibility index (Phi) is 18.6. The van der Waals surface area contributed by atoms with Gasteiger partial charge in [0.1, 0.15) is 23.9 Å². The minimum absolute atomic E-state index is 0. The fourth-order valence-electron chi connectivity index (χ4n) is 9.47. The molecule has 18 heteroatoms. The lowest BCUT2D eigenvalue weighted by Crippen LogP contribution is -2.63. The number of aromatic hydroxyl groups is 1. The molecular formula is C49H67N7O8S3. The van der Waals surface area contributed by atoms with Gasteiger partial charge in [-0.15, -0.1) is 0 Å². The van der Waals surface area contributed by atoms with Crippen LogP contribution in [0.25, 0.3) is 33.3 Å². The first-order valence-electron chi connectivity index (χ1n) is 22.2. The van der Waals surface area contributed by atoms with Crippen molar-refractivity contribution in [2.75, 3.05) is 40.4 Å². The molecule has 5 heterocycles. The summed E-state index contributed by atoms with van der Waals surface area (Å²) in [5.74, 6) is -2.87. The van der Waals surface area contributed by atoms with Gasteiger partial charge in [0.2, 0.25) is 17.7 Å². The van der Waals surface area contributed by atoms with Gasteiger partial charge in [0.15, 0.2) is 0 Å². The largest absolute Gasteiger partial charge is 0.508 e. The van der Waals surface area contributed by atoms with Crippen LogP contribution in [0.1, 0.15) is 64.3 Å². The van der Waals surface area contributed by atoms with Crippen molar-refractivity contribution < 1.29 is 38.6 Å². The molecule has 0 saturated carbocycles. The van der Waals surface area contributed by atoms with E-state index in [-0.39, 0.29) is 96.6 Å². The SMILES string of the molecule is C=CC(=O)N1CC(C(=O)N(C)[C@H](C(=O)N[C@H]2Cc3cc(O)cc(c3)-c3ccc4c(c3)c(c(-c3cccnc3COC)n4CC)CC(C)(C)COC(=O)[C@@H]3CCCN(N3)C2=O)C(C)C)C1.S.S.S. The highest BCUT2D eigenvalue weighted by Gasteiger charge is 2.42. The number of phenols is 1. The minimum atomic E-state index is -1.16. The van der Waals surface area contributed by atoms with Crippen molar-refractivity contribution >= 4 is 81.0 Å². The average Bonchev–Trinajstić information content (AvgIpc) is 3.55. The fraction of sp³-hybridized carbons (Fsp3) is 0.469. The predicted octanol–water partition coefficient (Wildman–Crippen LogP) is 5.36. The van der Waals surface area contributed by atoms with Crippen molar-refractivity contribution in [1.82, 2.24) is 35.1 Å². The van der Waals surface area contributed by atoms with E-state index in [9.17, 15) is 29.1 Å². The first-order chi connectivity index (χ1) is 30.5. The zero-order valence-corrected chi connectivity index (χ0v) is 42.5. The topological polar surface area (TPSA) is 176 Å². The molecule has 3 N–H and O–H groups in total. The summed E-state index contributed by atoms with van der Waals surface area (Å²) in [5.41, 5.74) is 9.52. The molecule has 2 fully saturated rings. The van der Waals surface area contributed by atoms with Crippen LogP contribution in [-0.2, 0) is 59.4 Å². The van der Waals surface area contributed by atoms with Crippen LogP contribution in [0.15, 0.2) is 67.4 Å². The van der Waals surface area contributed by atoms with Gasteiger partial charge in [-0.3, -0.25) is 34.0 Å². The summed E-state index contributed by atoms with van der Waals surface area (Å²) in [5, 5.41) is 16.6. The Hall–Kier alpha value is -5.01. The molecule has 2 aromatic carbocycles. The van der Waals surface area contributed by atoms with Crippen LogP contribution < -0.4 is 10.7 Å². The molecule has 4 aromatic rings. The number of aryl methyl sites for hydroxylation is 1. The van der Waals surface area contributed by atoms with Gasteiger partial charge in [-0.1, -0.05) is 46.4 Å². The number of nitrogens with one attached hydrogen (secondary N) is 2. The second-order valence-electron chi connectivity index (χ2n) is 18.4. The molecule has 364 valence electrons. The third-order valence-corrected chi connectivity index (χ3v) is 12.7. The highest BCUT2D eigenvalue weighted by molar-refractivity contribution is 7.59. The Bertz CT molecular complexity index is 2470. The molecule has 0 spiro atoms. The molecule has 2 saturated heterocycles. The molecule has 6 bridgehead atoms. The molecule has 0 radical (unpaired) electrons. The number of likely N-dealkylation sites (N-methyl/N-ethyl adjacent to an activating group) is 1. The molecule has 7 rings (SSSR count). The molecule has 15 nitrogen and oxygen atoms in total. The number of carbonyl (C=O) groups excluding carboxylic acids is 5. The maximum Gasteiger partial charge on any atom is 0.324 e. The van der Waals surface area contributed by atoms with Gasteiger partial charge in [-0.2, -0.15) is 40.5 Å². The number of methoxy groups -OCH3 is 1. The number of cyclic esters (lactones) is 1. The number of esters is 1. The molecule has 0 aliphatic carbocycles. The Morgan fingerprint density at radius 2 is 1.82 bits per heavy atom. The van der Waals surface area contributed by atoms with E-state index in [1.54, 1.807) is 32.5 Å². The number of aromatic nitrogens is 2. The van der Waals surface area contributed by atoms with E-state index < -0.39 is 47.2 Å². The van der Waals surface area contributed by atoms with Gasteiger partial charge in [0.25, 0.3) is 5.91 Å². The van der Waals surface area contributed by atoms with E-state index in [0.29, 0.717) is 43.5 Å². The lowest BCUT2D eigenvalue weighted by atomic mass is 9.84. The van der Waals surface area contributed by atoms with Crippen molar-refractivity contribution in [3.63, 3.8) is 0 Å². The summed E-state index contributed by atoms with van der Waals surface area (Å²) in [4.78, 5) is 76.3. The molecule has 0 unspecified atom stereocenters. The van der Waals surface area contributed by atoms with Crippen molar-refractivity contribution in [2.45, 2.75) is 91.6 Å². The molecule has 3 aliphatic rings. The second kappa shape index (κ2) is 22.9. The number of amides is 4. The summed E-state index contributed by atoms with van der Waals surface area (Å²) >= 11 is 0. The third-order valence-electron chi connectivity index (χ3n) is 12.7. The number of carbonyl (C=O) groups is 5. The maximum atomic E-state index is 14.6. The standard InChI is InChI=1S/C49H61N7O8.3H2S/c1-9-42(58)54-25-33(26-54)46(60)53(7)43(29(3)4)45(59)51-39-21-30-19-32(22-34(57)20-30)31-15-16-41-36(23-31)37(44(55(41)10-2)35-13-11-17-50-40(35)27-63-8)24-49(5,6)28-64-48(62)38-14-12-18-56(52-38)47(39)61;;;/h9,11,13,15-17,19-20,22-23,29,33,38-39,43,52,57H,1,10,12,14,18,21,24-28H2,2-8H3,(H,51,59);3*1H2/t38-,39-,43-;;;/m0.../s1. The summed E-state index contributed by atoms with van der Waals surface area (Å²) < 4.78 is 14.0. The number of hydrazine groups is 1. The average molecular weight is 978 g/mol. The van der Waals surface area contributed by atoms with Crippen LogP contribution >= 0.6 is 40.5 Å². The van der Waals surface area contributed by atoms with Crippen molar-refractivity contribution in [3.05, 3.63) is 84.2 Å². The van der Waals surface area contributed by atoms with E-state index >= 15 is 0 Å². The number of fused-ring (bicyclic) bond motifs is 6. The van der Waals surface area contributed by atoms with Crippen LogP contribution in [0.5, 0.6) is 5.75 Å². The normalized spacial score (nSPS) is 18.8. The zero-order chi connectivity index (χ0) is 46.0. The van der Waals surface area contributed by atoms with E-state index in [4.69, 9.17) is 14.5 Å². The van der Waals surface area contributed by atoms with Gasteiger partial charge < -0.3 is 34.3 Å². The molecular weight excluding hydrogens is 911 g/mol. The number of benzene rings is 2. The highest BCUT2D eigenvalue weighted by atomic mass is 32.1. The molecule has 2 aromatic heterocycles. The van der Waals surface area contributed by atoms with E-state index in [2.05, 4.69) is 60.9 Å². The van der Waals surface area contributed by atoms with Crippen LogP contribution in [0.4, 0.5) is 0 Å². The van der Waals surface area contributed by atoms with E-state index in [0.717, 1.165) is 39.0 Å². The van der Waals surface area contributed by atoms with Gasteiger partial charge in [0.05, 0.1) is 30.5 Å². The quantitative estimate of drug-likeness (QED) is 0.139. The Labute approximate surface area is 414 Å². The highest BCUT2D eigenvalue weighted by Crippen LogP contribution is 2.41. The number of pyridine rings is 1. The fourth-order valence-corrected chi connectivity index (χ4v) is 9.47. The number of nitrogens with zero attached hydrogens (tertiary/aromatic N) is 5. The minimum Gasteiger partial charge on any atom is -0.508 e. The van der Waals surface area contributed by atoms with Crippen molar-refractivity contribution in [2.24, 2.45) is 17.3 Å². The van der Waals surface area contributed by atoms with Crippen LogP contribution in [0.2, 0.25) is 0 Å². The van der Waals surface area contributed by atoms with Gasteiger partial charge in [0, 0.05) is 74.8 Å². The molecule has 67 heavy (non-hydrogen) atoms. The lowest BCUT2D eigenvalue weighted by Gasteiger charge is -2.41. The monoisotopic (exact) mass is 977 g/mol.